The van der Waals surface area contributed by atoms with Crippen molar-refractivity contribution in [2.75, 3.05) is 31.5 Å². The first-order chi connectivity index (χ1) is 16.7. The van der Waals surface area contributed by atoms with E-state index in [4.69, 9.17) is 4.98 Å². The van der Waals surface area contributed by atoms with Crippen LogP contribution in [-0.2, 0) is 6.54 Å². The molecule has 5 rings (SSSR count). The SMILES string of the molecule is C=C1N(Cc2ccc(C3CCCCC3)cn2)CCN1CC(O)CNc1ccc2ccccc2c1. The molecule has 5 heteroatoms. The van der Waals surface area contributed by atoms with E-state index < -0.39 is 6.10 Å². The number of rotatable bonds is 8. The van der Waals surface area contributed by atoms with Crippen LogP contribution in [0.2, 0.25) is 0 Å². The van der Waals surface area contributed by atoms with Gasteiger partial charge in [-0.15, -0.1) is 0 Å². The summed E-state index contributed by atoms with van der Waals surface area (Å²) in [6.45, 7) is 7.94. The second kappa shape index (κ2) is 10.5. The van der Waals surface area contributed by atoms with Crippen LogP contribution >= 0.6 is 0 Å². The van der Waals surface area contributed by atoms with Gasteiger partial charge in [0.15, 0.2) is 0 Å². The van der Waals surface area contributed by atoms with E-state index in [9.17, 15) is 5.11 Å². The Balaban J connectivity index is 1.10. The lowest BCUT2D eigenvalue weighted by atomic mass is 9.85. The minimum Gasteiger partial charge on any atom is -0.389 e. The summed E-state index contributed by atoms with van der Waals surface area (Å²) < 4.78 is 0. The Bertz CT molecular complexity index is 1110. The van der Waals surface area contributed by atoms with Gasteiger partial charge in [0.25, 0.3) is 0 Å². The van der Waals surface area contributed by atoms with Crippen LogP contribution in [0.15, 0.2) is 73.2 Å². The van der Waals surface area contributed by atoms with Gasteiger partial charge in [-0.1, -0.05) is 62.2 Å². The Labute approximate surface area is 203 Å². The summed E-state index contributed by atoms with van der Waals surface area (Å²) in [7, 11) is 0. The molecule has 0 bridgehead atoms. The van der Waals surface area contributed by atoms with Crippen LogP contribution in [0, 0.1) is 0 Å². The molecule has 3 aromatic rings. The normalized spacial score (nSPS) is 18.0. The number of aliphatic hydroxyl groups excluding tert-OH is 1. The average molecular weight is 457 g/mol. The first kappa shape index (κ1) is 22.7. The number of nitrogens with zero attached hydrogens (tertiary/aromatic N) is 3. The maximum Gasteiger partial charge on any atom is 0.0970 e. The second-order valence-corrected chi connectivity index (χ2v) is 9.80. The Morgan fingerprint density at radius 3 is 2.56 bits per heavy atom. The van der Waals surface area contributed by atoms with Crippen molar-refractivity contribution >= 4 is 16.5 Å². The van der Waals surface area contributed by atoms with Gasteiger partial charge >= 0.3 is 0 Å². The molecule has 1 saturated heterocycles. The molecule has 2 fully saturated rings. The molecule has 1 atom stereocenters. The fourth-order valence-corrected chi connectivity index (χ4v) is 5.32. The molecule has 0 spiro atoms. The third-order valence-electron chi connectivity index (χ3n) is 7.37. The van der Waals surface area contributed by atoms with Crippen LogP contribution in [0.5, 0.6) is 0 Å². The lowest BCUT2D eigenvalue weighted by molar-refractivity contribution is 0.143. The van der Waals surface area contributed by atoms with Gasteiger partial charge < -0.3 is 20.2 Å². The monoisotopic (exact) mass is 456 g/mol. The molecule has 0 radical (unpaired) electrons. The summed E-state index contributed by atoms with van der Waals surface area (Å²) in [5.41, 5.74) is 3.51. The van der Waals surface area contributed by atoms with E-state index in [0.717, 1.165) is 36.8 Å². The lowest BCUT2D eigenvalue weighted by Gasteiger charge is -2.26. The van der Waals surface area contributed by atoms with Crippen molar-refractivity contribution in [2.24, 2.45) is 0 Å². The quantitative estimate of drug-likeness (QED) is 0.479. The van der Waals surface area contributed by atoms with Crippen LogP contribution in [0.4, 0.5) is 5.69 Å². The minimum atomic E-state index is -0.476. The molecule has 2 aromatic carbocycles. The van der Waals surface area contributed by atoms with Crippen molar-refractivity contribution in [3.63, 3.8) is 0 Å². The zero-order chi connectivity index (χ0) is 23.3. The molecule has 1 aliphatic heterocycles. The first-order valence-corrected chi connectivity index (χ1v) is 12.7. The van der Waals surface area contributed by atoms with Crippen molar-refractivity contribution < 1.29 is 5.11 Å². The van der Waals surface area contributed by atoms with E-state index in [0.29, 0.717) is 19.0 Å². The number of anilines is 1. The highest BCUT2D eigenvalue weighted by atomic mass is 16.3. The lowest BCUT2D eigenvalue weighted by Crippen LogP contribution is -2.34. The second-order valence-electron chi connectivity index (χ2n) is 9.80. The molecule has 2 N–H and O–H groups in total. The van der Waals surface area contributed by atoms with Gasteiger partial charge in [0.1, 0.15) is 0 Å². The predicted octanol–water partition coefficient (Wildman–Crippen LogP) is 5.34. The molecule has 1 aromatic heterocycles. The molecular formula is C29H36N4O. The predicted molar refractivity (Wildman–Crippen MR) is 140 cm³/mol. The highest BCUT2D eigenvalue weighted by Gasteiger charge is 2.25. The number of nitrogens with one attached hydrogen (secondary N) is 1. The van der Waals surface area contributed by atoms with E-state index in [1.54, 1.807) is 0 Å². The molecule has 2 heterocycles. The van der Waals surface area contributed by atoms with Crippen LogP contribution in [-0.4, -0.2) is 52.2 Å². The topological polar surface area (TPSA) is 51.6 Å². The molecule has 1 aliphatic carbocycles. The first-order valence-electron chi connectivity index (χ1n) is 12.7. The molecule has 1 saturated carbocycles. The molecule has 2 aliphatic rings. The Kier molecular flexibility index (Phi) is 7.00. The fraction of sp³-hybridized carbons (Fsp3) is 0.414. The number of fused-ring (bicyclic) bond motifs is 1. The molecule has 0 amide bonds. The van der Waals surface area contributed by atoms with Gasteiger partial charge in [0.05, 0.1) is 24.2 Å². The van der Waals surface area contributed by atoms with E-state index >= 15 is 0 Å². The number of benzene rings is 2. The summed E-state index contributed by atoms with van der Waals surface area (Å²) in [5, 5.41) is 16.5. The van der Waals surface area contributed by atoms with E-state index in [2.05, 4.69) is 70.4 Å². The Morgan fingerprint density at radius 2 is 1.76 bits per heavy atom. The zero-order valence-corrected chi connectivity index (χ0v) is 20.0. The highest BCUT2D eigenvalue weighted by molar-refractivity contribution is 5.85. The van der Waals surface area contributed by atoms with Crippen molar-refractivity contribution in [3.05, 3.63) is 84.5 Å². The van der Waals surface area contributed by atoms with Crippen molar-refractivity contribution in [2.45, 2.75) is 50.7 Å². The summed E-state index contributed by atoms with van der Waals surface area (Å²) in [6.07, 6.45) is 8.29. The van der Waals surface area contributed by atoms with Crippen LogP contribution < -0.4 is 5.32 Å². The smallest absolute Gasteiger partial charge is 0.0970 e. The van der Waals surface area contributed by atoms with Crippen molar-refractivity contribution in [1.29, 1.82) is 0 Å². The number of β-amino-alcohol motifs (C(OH)–C–C–N with tert-alkyl or cyclic N) is 1. The minimum absolute atomic E-state index is 0.476. The van der Waals surface area contributed by atoms with Crippen molar-refractivity contribution in [3.8, 4) is 0 Å². The van der Waals surface area contributed by atoms with Gasteiger partial charge in [-0.25, -0.2) is 0 Å². The largest absolute Gasteiger partial charge is 0.389 e. The molecule has 5 nitrogen and oxygen atoms in total. The highest BCUT2D eigenvalue weighted by Crippen LogP contribution is 2.32. The summed E-state index contributed by atoms with van der Waals surface area (Å²) in [5.74, 6) is 1.67. The third kappa shape index (κ3) is 5.36. The van der Waals surface area contributed by atoms with Gasteiger partial charge in [0, 0.05) is 38.1 Å². The van der Waals surface area contributed by atoms with E-state index in [-0.39, 0.29) is 0 Å². The number of hydrogen-bond acceptors (Lipinski definition) is 5. The maximum absolute atomic E-state index is 10.7. The van der Waals surface area contributed by atoms with Crippen LogP contribution in [0.1, 0.15) is 49.3 Å². The van der Waals surface area contributed by atoms with Gasteiger partial charge in [-0.2, -0.15) is 0 Å². The third-order valence-corrected chi connectivity index (χ3v) is 7.37. The number of pyridine rings is 1. The maximum atomic E-state index is 10.7. The van der Waals surface area contributed by atoms with E-state index in [1.807, 2.05) is 12.1 Å². The zero-order valence-electron chi connectivity index (χ0n) is 20.0. The number of aromatic nitrogens is 1. The van der Waals surface area contributed by atoms with E-state index in [1.165, 1.54) is 48.4 Å². The van der Waals surface area contributed by atoms with Crippen LogP contribution in [0.25, 0.3) is 10.8 Å². The Morgan fingerprint density at radius 1 is 0.971 bits per heavy atom. The van der Waals surface area contributed by atoms with Gasteiger partial charge in [-0.05, 0) is 53.3 Å². The number of aliphatic hydroxyl groups is 1. The Hall–Kier alpha value is -3.05. The average Bonchev–Trinajstić information content (AvgIpc) is 3.22. The standard InChI is InChI=1S/C29H36N4O/c1-22-32(20-28-14-12-26(18-30-28)23-7-3-2-4-8-23)15-16-33(22)21-29(34)19-31-27-13-11-24-9-5-6-10-25(24)17-27/h5-6,9-14,17-18,23,29,31,34H,1-4,7-8,15-16,19-21H2. The molecule has 178 valence electrons. The molecule has 34 heavy (non-hydrogen) atoms. The van der Waals surface area contributed by atoms with Gasteiger partial charge in [0.2, 0.25) is 0 Å². The summed E-state index contributed by atoms with van der Waals surface area (Å²) in [4.78, 5) is 9.22. The molecular weight excluding hydrogens is 420 g/mol. The summed E-state index contributed by atoms with van der Waals surface area (Å²) in [6, 6.07) is 19.1. The van der Waals surface area contributed by atoms with Gasteiger partial charge in [-0.3, -0.25) is 4.98 Å². The summed E-state index contributed by atoms with van der Waals surface area (Å²) >= 11 is 0. The fourth-order valence-electron chi connectivity index (χ4n) is 5.32. The molecule has 1 unspecified atom stereocenters. The van der Waals surface area contributed by atoms with Crippen LogP contribution in [0.3, 0.4) is 0 Å². The van der Waals surface area contributed by atoms with Crippen molar-refractivity contribution in [1.82, 2.24) is 14.8 Å². The number of hydrogen-bond donors (Lipinski definition) is 2.